The maximum atomic E-state index is 12.5. The van der Waals surface area contributed by atoms with Crippen LogP contribution in [0.25, 0.3) is 0 Å². The molecule has 2 unspecified atom stereocenters. The van der Waals surface area contributed by atoms with E-state index in [9.17, 15) is 9.59 Å². The number of rotatable bonds is 4. The summed E-state index contributed by atoms with van der Waals surface area (Å²) >= 11 is 0. The fraction of sp³-hybridized carbons (Fsp3) is 0.533. The first kappa shape index (κ1) is 14.5. The zero-order valence-corrected chi connectivity index (χ0v) is 12.2. The summed E-state index contributed by atoms with van der Waals surface area (Å²) in [5, 5.41) is 2.78. The Labute approximate surface area is 119 Å². The Balaban J connectivity index is 2.17. The average Bonchev–Trinajstić information content (AvgIpc) is 2.42. The highest BCUT2D eigenvalue weighted by atomic mass is 16.2. The van der Waals surface area contributed by atoms with Crippen molar-refractivity contribution in [3.8, 4) is 0 Å². The van der Waals surface area contributed by atoms with Crippen LogP contribution in [0.15, 0.2) is 24.4 Å². The molecule has 1 N–H and O–H groups in total. The summed E-state index contributed by atoms with van der Waals surface area (Å²) in [6, 6.07) is 5.00. The molecule has 2 heterocycles. The highest BCUT2D eigenvalue weighted by molar-refractivity contribution is 5.95. The topological polar surface area (TPSA) is 62.3 Å². The Morgan fingerprint density at radius 3 is 2.70 bits per heavy atom. The number of aromatic nitrogens is 1. The molecule has 0 radical (unpaired) electrons. The molecule has 1 aromatic heterocycles. The van der Waals surface area contributed by atoms with Crippen LogP contribution in [0.1, 0.15) is 38.9 Å². The molecule has 2 rings (SSSR count). The number of amides is 2. The van der Waals surface area contributed by atoms with Crippen LogP contribution in [0.4, 0.5) is 0 Å². The molecule has 0 aliphatic carbocycles. The van der Waals surface area contributed by atoms with Crippen molar-refractivity contribution >= 4 is 11.8 Å². The van der Waals surface area contributed by atoms with Crippen LogP contribution in [0.2, 0.25) is 0 Å². The van der Waals surface area contributed by atoms with Gasteiger partial charge in [-0.1, -0.05) is 19.9 Å². The Bertz CT molecular complexity index is 487. The minimum Gasteiger partial charge on any atom is -0.343 e. The highest BCUT2D eigenvalue weighted by Gasteiger charge is 2.36. The van der Waals surface area contributed by atoms with Gasteiger partial charge in [0.2, 0.25) is 11.8 Å². The third kappa shape index (κ3) is 3.15. The van der Waals surface area contributed by atoms with E-state index < -0.39 is 6.04 Å². The van der Waals surface area contributed by atoms with Crippen LogP contribution in [-0.2, 0) is 9.59 Å². The van der Waals surface area contributed by atoms with E-state index in [4.69, 9.17) is 0 Å². The summed E-state index contributed by atoms with van der Waals surface area (Å²) in [7, 11) is 0. The van der Waals surface area contributed by atoms with Crippen LogP contribution < -0.4 is 5.32 Å². The number of piperazine rings is 1. The van der Waals surface area contributed by atoms with Crippen LogP contribution in [0, 0.1) is 5.92 Å². The van der Waals surface area contributed by atoms with Gasteiger partial charge in [-0.05, 0) is 31.4 Å². The normalized spacial score (nSPS) is 21.0. The van der Waals surface area contributed by atoms with Crippen LogP contribution in [0.5, 0.6) is 0 Å². The van der Waals surface area contributed by atoms with E-state index in [2.05, 4.69) is 10.3 Å². The Kier molecular flexibility index (Phi) is 4.37. The SMILES string of the molecule is CC(C)CC1NC(=O)CN(C(C)c2ccccn2)C1=O. The summed E-state index contributed by atoms with van der Waals surface area (Å²) in [5.74, 6) is 0.240. The van der Waals surface area contributed by atoms with Crippen molar-refractivity contribution in [1.82, 2.24) is 15.2 Å². The second kappa shape index (κ2) is 6.03. The van der Waals surface area contributed by atoms with Gasteiger partial charge < -0.3 is 10.2 Å². The standard InChI is InChI=1S/C15H21N3O2/c1-10(2)8-13-15(20)18(9-14(19)17-13)11(3)12-6-4-5-7-16-12/h4-7,10-11,13H,8-9H2,1-3H3,(H,17,19). The molecule has 1 saturated heterocycles. The second-order valence-electron chi connectivity index (χ2n) is 5.65. The van der Waals surface area contributed by atoms with Gasteiger partial charge in [-0.2, -0.15) is 0 Å². The van der Waals surface area contributed by atoms with Crippen LogP contribution in [0.3, 0.4) is 0 Å². The van der Waals surface area contributed by atoms with Crippen molar-refractivity contribution in [1.29, 1.82) is 0 Å². The van der Waals surface area contributed by atoms with Crippen molar-refractivity contribution in [3.05, 3.63) is 30.1 Å². The quantitative estimate of drug-likeness (QED) is 0.906. The number of hydrogen-bond acceptors (Lipinski definition) is 3. The lowest BCUT2D eigenvalue weighted by Gasteiger charge is -2.36. The van der Waals surface area contributed by atoms with E-state index in [0.717, 1.165) is 5.69 Å². The van der Waals surface area contributed by atoms with Gasteiger partial charge >= 0.3 is 0 Å². The van der Waals surface area contributed by atoms with E-state index in [1.54, 1.807) is 11.1 Å². The van der Waals surface area contributed by atoms with E-state index in [-0.39, 0.29) is 24.4 Å². The molecule has 0 aromatic carbocycles. The fourth-order valence-corrected chi connectivity index (χ4v) is 2.48. The molecule has 0 spiro atoms. The molecule has 108 valence electrons. The number of nitrogens with one attached hydrogen (secondary N) is 1. The van der Waals surface area contributed by atoms with Gasteiger partial charge in [0.05, 0.1) is 11.7 Å². The molecule has 1 aromatic rings. The first-order valence-corrected chi connectivity index (χ1v) is 6.99. The van der Waals surface area contributed by atoms with Gasteiger partial charge in [-0.15, -0.1) is 0 Å². The van der Waals surface area contributed by atoms with Crippen molar-refractivity contribution in [2.24, 2.45) is 5.92 Å². The lowest BCUT2D eigenvalue weighted by molar-refractivity contribution is -0.147. The summed E-state index contributed by atoms with van der Waals surface area (Å²) in [4.78, 5) is 30.2. The van der Waals surface area contributed by atoms with E-state index in [1.807, 2.05) is 39.0 Å². The molecule has 0 saturated carbocycles. The van der Waals surface area contributed by atoms with Gasteiger partial charge in [0.15, 0.2) is 0 Å². The van der Waals surface area contributed by atoms with Crippen molar-refractivity contribution in [2.45, 2.75) is 39.3 Å². The van der Waals surface area contributed by atoms with E-state index in [1.165, 1.54) is 0 Å². The molecule has 2 atom stereocenters. The maximum absolute atomic E-state index is 12.5. The number of nitrogens with zero attached hydrogens (tertiary/aromatic N) is 2. The van der Waals surface area contributed by atoms with Gasteiger partial charge in [0, 0.05) is 6.20 Å². The fourth-order valence-electron chi connectivity index (χ4n) is 2.48. The molecule has 1 aliphatic heterocycles. The summed E-state index contributed by atoms with van der Waals surface area (Å²) in [5.41, 5.74) is 0.804. The molecule has 5 nitrogen and oxygen atoms in total. The zero-order chi connectivity index (χ0) is 14.7. The van der Waals surface area contributed by atoms with Gasteiger partial charge in [-0.3, -0.25) is 14.6 Å². The minimum absolute atomic E-state index is 0.0172. The Hall–Kier alpha value is -1.91. The zero-order valence-electron chi connectivity index (χ0n) is 12.2. The van der Waals surface area contributed by atoms with Crippen molar-refractivity contribution in [2.75, 3.05) is 6.54 Å². The molecule has 0 bridgehead atoms. The predicted octanol–water partition coefficient (Wildman–Crippen LogP) is 1.52. The minimum atomic E-state index is -0.414. The first-order valence-electron chi connectivity index (χ1n) is 6.99. The number of pyridine rings is 1. The first-order chi connectivity index (χ1) is 9.49. The van der Waals surface area contributed by atoms with Crippen molar-refractivity contribution < 1.29 is 9.59 Å². The molecule has 1 fully saturated rings. The number of carbonyl (C=O) groups is 2. The summed E-state index contributed by atoms with van der Waals surface area (Å²) in [6.45, 7) is 6.09. The summed E-state index contributed by atoms with van der Waals surface area (Å²) in [6.07, 6.45) is 2.36. The van der Waals surface area contributed by atoms with E-state index >= 15 is 0 Å². The van der Waals surface area contributed by atoms with Gasteiger partial charge in [0.25, 0.3) is 0 Å². The van der Waals surface area contributed by atoms with Crippen LogP contribution >= 0.6 is 0 Å². The number of carbonyl (C=O) groups excluding carboxylic acids is 2. The Morgan fingerprint density at radius 2 is 2.10 bits per heavy atom. The monoisotopic (exact) mass is 275 g/mol. The number of hydrogen-bond donors (Lipinski definition) is 1. The molecular weight excluding hydrogens is 254 g/mol. The second-order valence-corrected chi connectivity index (χ2v) is 5.65. The maximum Gasteiger partial charge on any atom is 0.246 e. The lowest BCUT2D eigenvalue weighted by atomic mass is 9.99. The van der Waals surface area contributed by atoms with Gasteiger partial charge in [-0.25, -0.2) is 0 Å². The Morgan fingerprint density at radius 1 is 1.35 bits per heavy atom. The molecule has 5 heteroatoms. The highest BCUT2D eigenvalue weighted by Crippen LogP contribution is 2.22. The van der Waals surface area contributed by atoms with E-state index in [0.29, 0.717) is 12.3 Å². The lowest BCUT2D eigenvalue weighted by Crippen LogP contribution is -2.58. The summed E-state index contributed by atoms with van der Waals surface area (Å²) < 4.78 is 0. The smallest absolute Gasteiger partial charge is 0.246 e. The molecular formula is C15H21N3O2. The molecule has 20 heavy (non-hydrogen) atoms. The van der Waals surface area contributed by atoms with Gasteiger partial charge in [0.1, 0.15) is 12.6 Å². The third-order valence-corrected chi connectivity index (χ3v) is 3.52. The third-order valence-electron chi connectivity index (χ3n) is 3.52. The average molecular weight is 275 g/mol. The van der Waals surface area contributed by atoms with Crippen molar-refractivity contribution in [3.63, 3.8) is 0 Å². The molecule has 1 aliphatic rings. The molecule has 2 amide bonds. The predicted molar refractivity (Wildman–Crippen MR) is 75.8 cm³/mol. The van der Waals surface area contributed by atoms with Crippen LogP contribution in [-0.4, -0.2) is 34.3 Å². The largest absolute Gasteiger partial charge is 0.343 e.